The normalized spacial score (nSPS) is 16.2. The van der Waals surface area contributed by atoms with Crippen molar-refractivity contribution in [2.24, 2.45) is 0 Å². The topological polar surface area (TPSA) is 29.5 Å². The van der Waals surface area contributed by atoms with Crippen molar-refractivity contribution in [3.8, 4) is 0 Å². The third-order valence-corrected chi connectivity index (χ3v) is 6.68. The molecule has 0 saturated carbocycles. The molecule has 0 bridgehead atoms. The minimum absolute atomic E-state index is 0.478. The van der Waals surface area contributed by atoms with E-state index in [0.717, 1.165) is 43.6 Å². The summed E-state index contributed by atoms with van der Waals surface area (Å²) >= 11 is 6.05. The maximum Gasteiger partial charge on any atom is 0.416 e. The first kappa shape index (κ1) is 26.0. The molecule has 3 aromatic carbocycles. The number of esters is 1. The first-order chi connectivity index (χ1) is 17.3. The van der Waals surface area contributed by atoms with Gasteiger partial charge in [-0.05, 0) is 78.9 Å². The van der Waals surface area contributed by atoms with E-state index in [1.165, 1.54) is 29.8 Å². The van der Waals surface area contributed by atoms with Crippen LogP contribution in [0.15, 0.2) is 84.9 Å². The lowest BCUT2D eigenvalue weighted by molar-refractivity contribution is -0.144. The molecule has 1 fully saturated rings. The number of benzene rings is 3. The van der Waals surface area contributed by atoms with E-state index >= 15 is 0 Å². The Labute approximate surface area is 214 Å². The van der Waals surface area contributed by atoms with E-state index in [9.17, 15) is 18.0 Å². The average molecular weight is 514 g/mol. The van der Waals surface area contributed by atoms with Gasteiger partial charge >= 0.3 is 12.1 Å². The van der Waals surface area contributed by atoms with Gasteiger partial charge in [-0.1, -0.05) is 66.2 Å². The van der Waals surface area contributed by atoms with E-state index in [1.807, 2.05) is 18.2 Å². The zero-order valence-electron chi connectivity index (χ0n) is 19.6. The van der Waals surface area contributed by atoms with Gasteiger partial charge in [-0.2, -0.15) is 13.2 Å². The van der Waals surface area contributed by atoms with E-state index in [1.54, 1.807) is 12.1 Å². The minimum atomic E-state index is -4.40. The molecule has 3 nitrogen and oxygen atoms in total. The monoisotopic (exact) mass is 513 g/mol. The second kappa shape index (κ2) is 11.8. The summed E-state index contributed by atoms with van der Waals surface area (Å²) in [7, 11) is 0. The highest BCUT2D eigenvalue weighted by molar-refractivity contribution is 6.30. The molecule has 7 heteroatoms. The van der Waals surface area contributed by atoms with Gasteiger partial charge < -0.3 is 4.74 Å². The van der Waals surface area contributed by atoms with Gasteiger partial charge in [0.2, 0.25) is 0 Å². The van der Waals surface area contributed by atoms with E-state index in [-0.39, 0.29) is 0 Å². The fourth-order valence-corrected chi connectivity index (χ4v) is 4.55. The highest BCUT2D eigenvalue weighted by atomic mass is 35.5. The van der Waals surface area contributed by atoms with Crippen molar-refractivity contribution in [3.05, 3.63) is 112 Å². The van der Waals surface area contributed by atoms with E-state index in [4.69, 9.17) is 16.3 Å². The van der Waals surface area contributed by atoms with Crippen LogP contribution in [0.1, 0.15) is 47.1 Å². The largest absolute Gasteiger partial charge is 0.453 e. The molecule has 0 aliphatic carbocycles. The summed E-state index contributed by atoms with van der Waals surface area (Å²) in [6.07, 6.45) is -0.152. The summed E-state index contributed by atoms with van der Waals surface area (Å²) in [5.74, 6) is -0.0420. The average Bonchev–Trinajstić information content (AvgIpc) is 2.88. The molecule has 0 N–H and O–H groups in total. The van der Waals surface area contributed by atoms with Gasteiger partial charge in [0.25, 0.3) is 0 Å². The van der Waals surface area contributed by atoms with Crippen LogP contribution in [0.2, 0.25) is 5.02 Å². The lowest BCUT2D eigenvalue weighted by Crippen LogP contribution is -2.37. The number of nitrogens with zero attached hydrogens (tertiary/aromatic N) is 1. The molecule has 36 heavy (non-hydrogen) atoms. The van der Waals surface area contributed by atoms with Crippen molar-refractivity contribution in [1.29, 1.82) is 0 Å². The lowest BCUT2D eigenvalue weighted by atomic mass is 9.89. The zero-order chi connectivity index (χ0) is 25.5. The van der Waals surface area contributed by atoms with Crippen molar-refractivity contribution in [2.75, 3.05) is 19.6 Å². The van der Waals surface area contributed by atoms with E-state index < -0.39 is 23.8 Å². The quantitative estimate of drug-likeness (QED) is 0.241. The Morgan fingerprint density at radius 3 is 2.22 bits per heavy atom. The number of hydrogen-bond acceptors (Lipinski definition) is 3. The van der Waals surface area contributed by atoms with Crippen molar-refractivity contribution < 1.29 is 22.7 Å². The molecule has 4 rings (SSSR count). The molecule has 1 heterocycles. The molecule has 1 atom stereocenters. The van der Waals surface area contributed by atoms with Gasteiger partial charge in [-0.3, -0.25) is 4.90 Å². The standard InChI is InChI=1S/C29H27ClF3NO2/c30-26-13-9-24(10-14-26)27(20-34-18-16-23(17-19-34)22-4-2-1-3-5-22)36-28(35)15-8-21-6-11-25(12-7-21)29(31,32)33/h1-15,23,27H,16-20H2/b15-8+. The first-order valence-corrected chi connectivity index (χ1v) is 12.2. The number of carbonyl (C=O) groups is 1. The SMILES string of the molecule is O=C(/C=C/c1ccc(C(F)(F)F)cc1)OC(CN1CCC(c2ccccc2)CC1)c1ccc(Cl)cc1. The maximum atomic E-state index is 12.8. The van der Waals surface area contributed by atoms with Gasteiger partial charge in [0.15, 0.2) is 0 Å². The van der Waals surface area contributed by atoms with Gasteiger partial charge in [0.05, 0.1) is 5.56 Å². The Kier molecular flexibility index (Phi) is 8.49. The third-order valence-electron chi connectivity index (χ3n) is 6.43. The number of hydrogen-bond donors (Lipinski definition) is 0. The molecular formula is C29H27ClF3NO2. The predicted molar refractivity (Wildman–Crippen MR) is 136 cm³/mol. The second-order valence-electron chi connectivity index (χ2n) is 8.92. The van der Waals surface area contributed by atoms with Crippen LogP contribution in [0.4, 0.5) is 13.2 Å². The molecular weight excluding hydrogens is 487 g/mol. The fourth-order valence-electron chi connectivity index (χ4n) is 4.42. The van der Waals surface area contributed by atoms with Gasteiger partial charge in [0, 0.05) is 17.6 Å². The summed E-state index contributed by atoms with van der Waals surface area (Å²) in [4.78, 5) is 14.9. The van der Waals surface area contributed by atoms with E-state index in [2.05, 4.69) is 29.2 Å². The number of carbonyl (C=O) groups excluding carboxylic acids is 1. The van der Waals surface area contributed by atoms with Crippen molar-refractivity contribution in [1.82, 2.24) is 4.90 Å². The fraction of sp³-hybridized carbons (Fsp3) is 0.276. The molecule has 0 amide bonds. The van der Waals surface area contributed by atoms with Crippen LogP contribution in [-0.4, -0.2) is 30.5 Å². The highest BCUT2D eigenvalue weighted by Crippen LogP contribution is 2.31. The molecule has 1 aliphatic rings. The Morgan fingerprint density at radius 2 is 1.61 bits per heavy atom. The summed E-state index contributed by atoms with van der Waals surface area (Å²) in [6.45, 7) is 2.33. The molecule has 1 saturated heterocycles. The number of alkyl halides is 3. The molecule has 3 aromatic rings. The highest BCUT2D eigenvalue weighted by Gasteiger charge is 2.30. The van der Waals surface area contributed by atoms with Crippen molar-refractivity contribution in [3.63, 3.8) is 0 Å². The zero-order valence-corrected chi connectivity index (χ0v) is 20.4. The lowest BCUT2D eigenvalue weighted by Gasteiger charge is -2.34. The maximum absolute atomic E-state index is 12.8. The van der Waals surface area contributed by atoms with Crippen molar-refractivity contribution >= 4 is 23.6 Å². The second-order valence-corrected chi connectivity index (χ2v) is 9.35. The van der Waals surface area contributed by atoms with Crippen LogP contribution in [0.25, 0.3) is 6.08 Å². The molecule has 1 unspecified atom stereocenters. The Balaban J connectivity index is 1.40. The summed E-state index contributed by atoms with van der Waals surface area (Å²) in [5.41, 5.74) is 1.93. The van der Waals surface area contributed by atoms with Crippen LogP contribution in [-0.2, 0) is 15.7 Å². The number of rotatable bonds is 7. The Bertz CT molecular complexity index is 1150. The number of piperidine rings is 1. The summed E-state index contributed by atoms with van der Waals surface area (Å²) < 4.78 is 44.1. The van der Waals surface area contributed by atoms with Crippen LogP contribution < -0.4 is 0 Å². The number of likely N-dealkylation sites (tertiary alicyclic amines) is 1. The van der Waals surface area contributed by atoms with Crippen LogP contribution in [0.3, 0.4) is 0 Å². The number of ether oxygens (including phenoxy) is 1. The summed E-state index contributed by atoms with van der Waals surface area (Å²) in [5, 5.41) is 0.592. The van der Waals surface area contributed by atoms with Crippen LogP contribution in [0, 0.1) is 0 Å². The molecule has 0 spiro atoms. The van der Waals surface area contributed by atoms with Gasteiger partial charge in [0.1, 0.15) is 6.10 Å². The Hall–Kier alpha value is -3.09. The van der Waals surface area contributed by atoms with Gasteiger partial charge in [-0.15, -0.1) is 0 Å². The molecule has 0 aromatic heterocycles. The molecule has 0 radical (unpaired) electrons. The third kappa shape index (κ3) is 7.21. The van der Waals surface area contributed by atoms with Gasteiger partial charge in [-0.25, -0.2) is 4.79 Å². The summed E-state index contributed by atoms with van der Waals surface area (Å²) in [6, 6.07) is 22.3. The molecule has 188 valence electrons. The Morgan fingerprint density at radius 1 is 0.972 bits per heavy atom. The minimum Gasteiger partial charge on any atom is -0.453 e. The first-order valence-electron chi connectivity index (χ1n) is 11.9. The van der Waals surface area contributed by atoms with Crippen LogP contribution in [0.5, 0.6) is 0 Å². The molecule has 1 aliphatic heterocycles. The van der Waals surface area contributed by atoms with Crippen molar-refractivity contribution in [2.45, 2.75) is 31.0 Å². The predicted octanol–water partition coefficient (Wildman–Crippen LogP) is 7.54. The smallest absolute Gasteiger partial charge is 0.416 e. The number of halogens is 4. The van der Waals surface area contributed by atoms with E-state index in [0.29, 0.717) is 23.0 Å². The van der Waals surface area contributed by atoms with Crippen LogP contribution >= 0.6 is 11.6 Å².